The van der Waals surface area contributed by atoms with Crippen molar-refractivity contribution >= 4 is 23.2 Å². The first-order valence-corrected chi connectivity index (χ1v) is 6.96. The number of hydrogen-bond donors (Lipinski definition) is 2. The van der Waals surface area contributed by atoms with Crippen molar-refractivity contribution < 1.29 is 14.8 Å². The topological polar surface area (TPSA) is 105 Å². The van der Waals surface area contributed by atoms with Gasteiger partial charge in [-0.3, -0.25) is 14.9 Å². The molecule has 116 valence electrons. The third-order valence-electron chi connectivity index (χ3n) is 3.77. The molecule has 0 aliphatic carbocycles. The van der Waals surface area contributed by atoms with Crippen molar-refractivity contribution in [3.05, 3.63) is 33.1 Å². The van der Waals surface area contributed by atoms with Crippen LogP contribution in [0, 0.1) is 15.5 Å². The summed E-state index contributed by atoms with van der Waals surface area (Å²) < 4.78 is 0. The third kappa shape index (κ3) is 3.89. The average molecular weight is 316 g/mol. The molecule has 0 unspecified atom stereocenters. The van der Waals surface area contributed by atoms with Crippen LogP contribution in [-0.4, -0.2) is 34.1 Å². The zero-order valence-corrected chi connectivity index (χ0v) is 12.7. The molecule has 0 saturated heterocycles. The summed E-state index contributed by atoms with van der Waals surface area (Å²) in [5.74, 6) is -0.606. The van der Waals surface area contributed by atoms with E-state index >= 15 is 0 Å². The van der Waals surface area contributed by atoms with Gasteiger partial charge in [-0.05, 0) is 18.9 Å². The molecule has 0 spiro atoms. The standard InChI is InChI=1S/C13H18ClN3O4/c1-3-13(4-2,8-18)7-16-12(19)9-5-6-15-11(14)10(9)17(20)21/h5-6,18H,3-4,7-8H2,1-2H3,(H,16,19). The van der Waals surface area contributed by atoms with E-state index < -0.39 is 21.9 Å². The Morgan fingerprint density at radius 2 is 2.14 bits per heavy atom. The molecule has 0 atom stereocenters. The van der Waals surface area contributed by atoms with Crippen LogP contribution >= 0.6 is 11.6 Å². The van der Waals surface area contributed by atoms with Gasteiger partial charge in [-0.2, -0.15) is 0 Å². The first kappa shape index (κ1) is 17.3. The van der Waals surface area contributed by atoms with Crippen LogP contribution in [0.1, 0.15) is 37.0 Å². The molecule has 1 aromatic heterocycles. The number of halogens is 1. The Labute approximate surface area is 127 Å². The van der Waals surface area contributed by atoms with Gasteiger partial charge in [0.15, 0.2) is 0 Å². The van der Waals surface area contributed by atoms with Crippen LogP contribution in [0.3, 0.4) is 0 Å². The predicted molar refractivity (Wildman–Crippen MR) is 78.3 cm³/mol. The Hall–Kier alpha value is -1.73. The smallest absolute Gasteiger partial charge is 0.319 e. The molecule has 0 saturated carbocycles. The summed E-state index contributed by atoms with van der Waals surface area (Å²) in [6.45, 7) is 3.99. The molecular weight excluding hydrogens is 298 g/mol. The van der Waals surface area contributed by atoms with Crippen molar-refractivity contribution in [3.63, 3.8) is 0 Å². The molecule has 1 heterocycles. The Kier molecular flexibility index (Phi) is 6.04. The number of nitrogens with one attached hydrogen (secondary N) is 1. The van der Waals surface area contributed by atoms with Crippen LogP contribution in [0.2, 0.25) is 5.15 Å². The number of nitro groups is 1. The van der Waals surface area contributed by atoms with E-state index in [0.29, 0.717) is 12.8 Å². The van der Waals surface area contributed by atoms with Crippen molar-refractivity contribution in [3.8, 4) is 0 Å². The minimum atomic E-state index is -0.733. The number of aliphatic hydroxyl groups excluding tert-OH is 1. The van der Waals surface area contributed by atoms with E-state index in [4.69, 9.17) is 11.6 Å². The Bertz CT molecular complexity index is 524. The van der Waals surface area contributed by atoms with Gasteiger partial charge in [0.25, 0.3) is 5.91 Å². The number of carbonyl (C=O) groups excluding carboxylic acids is 1. The third-order valence-corrected chi connectivity index (χ3v) is 4.04. The lowest BCUT2D eigenvalue weighted by molar-refractivity contribution is -0.385. The quantitative estimate of drug-likeness (QED) is 0.456. The minimum Gasteiger partial charge on any atom is -0.396 e. The maximum atomic E-state index is 12.1. The number of aromatic nitrogens is 1. The Morgan fingerprint density at radius 1 is 1.52 bits per heavy atom. The van der Waals surface area contributed by atoms with Gasteiger partial charge in [0.1, 0.15) is 5.56 Å². The lowest BCUT2D eigenvalue weighted by Gasteiger charge is -2.29. The van der Waals surface area contributed by atoms with Gasteiger partial charge in [-0.25, -0.2) is 4.98 Å². The van der Waals surface area contributed by atoms with E-state index in [9.17, 15) is 20.0 Å². The summed E-state index contributed by atoms with van der Waals surface area (Å²) in [6, 6.07) is 1.25. The van der Waals surface area contributed by atoms with Crippen molar-refractivity contribution in [2.24, 2.45) is 5.41 Å². The van der Waals surface area contributed by atoms with E-state index in [1.807, 2.05) is 13.8 Å². The van der Waals surface area contributed by atoms with Gasteiger partial charge in [-0.15, -0.1) is 0 Å². The molecule has 1 aromatic rings. The summed E-state index contributed by atoms with van der Waals surface area (Å²) >= 11 is 5.67. The van der Waals surface area contributed by atoms with E-state index in [1.165, 1.54) is 12.3 Å². The summed E-state index contributed by atoms with van der Waals surface area (Å²) in [5.41, 5.74) is -1.08. The molecule has 1 rings (SSSR count). The van der Waals surface area contributed by atoms with Gasteiger partial charge >= 0.3 is 5.69 Å². The zero-order chi connectivity index (χ0) is 16.0. The van der Waals surface area contributed by atoms with Gasteiger partial charge < -0.3 is 10.4 Å². The lowest BCUT2D eigenvalue weighted by Crippen LogP contribution is -2.39. The minimum absolute atomic E-state index is 0.0700. The second-order valence-corrected chi connectivity index (χ2v) is 5.16. The highest BCUT2D eigenvalue weighted by Gasteiger charge is 2.29. The van der Waals surface area contributed by atoms with E-state index in [0.717, 1.165) is 0 Å². The number of rotatable bonds is 7. The fourth-order valence-corrected chi connectivity index (χ4v) is 2.16. The van der Waals surface area contributed by atoms with Crippen LogP contribution in [0.25, 0.3) is 0 Å². The van der Waals surface area contributed by atoms with Crippen molar-refractivity contribution in [1.82, 2.24) is 10.3 Å². The molecule has 0 aliphatic heterocycles. The summed E-state index contributed by atoms with van der Waals surface area (Å²) in [5, 5.41) is 22.7. The van der Waals surface area contributed by atoms with Crippen LogP contribution < -0.4 is 5.32 Å². The number of amides is 1. The highest BCUT2D eigenvalue weighted by molar-refractivity contribution is 6.32. The molecule has 7 nitrogen and oxygen atoms in total. The Balaban J connectivity index is 2.96. The SMILES string of the molecule is CCC(CC)(CO)CNC(=O)c1ccnc(Cl)c1[N+](=O)[O-]. The lowest BCUT2D eigenvalue weighted by atomic mass is 9.83. The molecule has 0 aliphatic rings. The normalized spacial score (nSPS) is 11.2. The molecule has 1 amide bonds. The summed E-state index contributed by atoms with van der Waals surface area (Å²) in [7, 11) is 0. The maximum absolute atomic E-state index is 12.1. The van der Waals surface area contributed by atoms with Crippen molar-refractivity contribution in [1.29, 1.82) is 0 Å². The van der Waals surface area contributed by atoms with Crippen molar-refractivity contribution in [2.75, 3.05) is 13.2 Å². The van der Waals surface area contributed by atoms with Crippen LogP contribution in [0.5, 0.6) is 0 Å². The summed E-state index contributed by atoms with van der Waals surface area (Å²) in [6.07, 6.45) is 2.60. The van der Waals surface area contributed by atoms with E-state index in [1.54, 1.807) is 0 Å². The van der Waals surface area contributed by atoms with Gasteiger partial charge in [-0.1, -0.05) is 25.4 Å². The van der Waals surface area contributed by atoms with Crippen LogP contribution in [-0.2, 0) is 0 Å². The number of aliphatic hydroxyl groups is 1. The van der Waals surface area contributed by atoms with Gasteiger partial charge in [0.05, 0.1) is 11.5 Å². The molecular formula is C13H18ClN3O4. The summed E-state index contributed by atoms with van der Waals surface area (Å²) in [4.78, 5) is 26.0. The molecule has 2 N–H and O–H groups in total. The fraction of sp³-hybridized carbons (Fsp3) is 0.538. The fourth-order valence-electron chi connectivity index (χ4n) is 1.93. The first-order valence-electron chi connectivity index (χ1n) is 6.58. The second kappa shape index (κ2) is 7.33. The van der Waals surface area contributed by atoms with Gasteiger partial charge in [0.2, 0.25) is 5.15 Å². The monoisotopic (exact) mass is 315 g/mol. The number of carbonyl (C=O) groups is 1. The molecule has 0 radical (unpaired) electrons. The van der Waals surface area contributed by atoms with Gasteiger partial charge in [0, 0.05) is 18.2 Å². The first-order chi connectivity index (χ1) is 9.90. The second-order valence-electron chi connectivity index (χ2n) is 4.80. The molecule has 0 fully saturated rings. The highest BCUT2D eigenvalue weighted by Crippen LogP contribution is 2.27. The Morgan fingerprint density at radius 3 is 2.62 bits per heavy atom. The molecule has 0 bridgehead atoms. The predicted octanol–water partition coefficient (Wildman–Crippen LogP) is 2.17. The molecule has 0 aromatic carbocycles. The average Bonchev–Trinajstić information content (AvgIpc) is 2.48. The molecule has 21 heavy (non-hydrogen) atoms. The maximum Gasteiger partial charge on any atom is 0.319 e. The van der Waals surface area contributed by atoms with E-state index in [2.05, 4.69) is 10.3 Å². The highest BCUT2D eigenvalue weighted by atomic mass is 35.5. The van der Waals surface area contributed by atoms with Crippen LogP contribution in [0.4, 0.5) is 5.69 Å². The van der Waals surface area contributed by atoms with Crippen molar-refractivity contribution in [2.45, 2.75) is 26.7 Å². The van der Waals surface area contributed by atoms with Crippen LogP contribution in [0.15, 0.2) is 12.3 Å². The number of nitrogens with zero attached hydrogens (tertiary/aromatic N) is 2. The van der Waals surface area contributed by atoms with E-state index in [-0.39, 0.29) is 23.9 Å². The largest absolute Gasteiger partial charge is 0.396 e. The number of hydrogen-bond acceptors (Lipinski definition) is 5. The zero-order valence-electron chi connectivity index (χ0n) is 11.9. The molecule has 8 heteroatoms. The number of pyridine rings is 1.